The van der Waals surface area contributed by atoms with Crippen LogP contribution in [0.5, 0.6) is 0 Å². The van der Waals surface area contributed by atoms with Crippen LogP contribution in [0.4, 0.5) is 4.79 Å². The van der Waals surface area contributed by atoms with Crippen molar-refractivity contribution in [3.63, 3.8) is 0 Å². The van der Waals surface area contributed by atoms with Gasteiger partial charge in [-0.25, -0.2) is 13.2 Å². The Morgan fingerprint density at radius 2 is 1.86 bits per heavy atom. The molecule has 5 heteroatoms. The maximum atomic E-state index is 11.3. The molecule has 0 spiro atoms. The summed E-state index contributed by atoms with van der Waals surface area (Å²) in [6, 6.07) is 4.52. The molecule has 1 rings (SSSR count). The van der Waals surface area contributed by atoms with Crippen molar-refractivity contribution in [2.24, 2.45) is 0 Å². The van der Waals surface area contributed by atoms with Crippen LogP contribution < -0.4 is 0 Å². The standard InChI is InChI=1S/C9H10O4S/c1-6-3-4-8(7(2)5-6)14(12,13)9(10)11/h3-5H,1-2H3,(H,10,11). The summed E-state index contributed by atoms with van der Waals surface area (Å²) in [5, 5.41) is 6.69. The van der Waals surface area contributed by atoms with Crippen molar-refractivity contribution in [2.45, 2.75) is 18.7 Å². The molecular formula is C9H10O4S. The second-order valence-corrected chi connectivity index (χ2v) is 4.83. The number of carbonyl (C=O) groups is 1. The van der Waals surface area contributed by atoms with Crippen molar-refractivity contribution in [1.82, 2.24) is 0 Å². The summed E-state index contributed by atoms with van der Waals surface area (Å²) >= 11 is 0. The number of benzene rings is 1. The molecular weight excluding hydrogens is 204 g/mol. The van der Waals surface area contributed by atoms with Gasteiger partial charge in [-0.05, 0) is 25.5 Å². The topological polar surface area (TPSA) is 71.4 Å². The Kier molecular flexibility index (Phi) is 2.62. The molecule has 4 nitrogen and oxygen atoms in total. The SMILES string of the molecule is Cc1ccc(S(=O)(=O)C(=O)O)c(C)c1. The quantitative estimate of drug-likeness (QED) is 0.773. The van der Waals surface area contributed by atoms with Crippen LogP contribution in [0.3, 0.4) is 0 Å². The van der Waals surface area contributed by atoms with Gasteiger partial charge in [0.05, 0.1) is 4.90 Å². The number of rotatable bonds is 1. The van der Waals surface area contributed by atoms with E-state index in [1.54, 1.807) is 19.1 Å². The van der Waals surface area contributed by atoms with Gasteiger partial charge in [0.25, 0.3) is 9.84 Å². The third-order valence-corrected chi connectivity index (χ3v) is 3.35. The summed E-state index contributed by atoms with van der Waals surface area (Å²) in [6.07, 6.45) is 0. The molecule has 0 aliphatic carbocycles. The Bertz CT molecular complexity index is 474. The molecule has 14 heavy (non-hydrogen) atoms. The van der Waals surface area contributed by atoms with Gasteiger partial charge in [0.15, 0.2) is 0 Å². The third kappa shape index (κ3) is 1.77. The van der Waals surface area contributed by atoms with Crippen LogP contribution in [0.2, 0.25) is 0 Å². The van der Waals surface area contributed by atoms with Gasteiger partial charge in [0, 0.05) is 0 Å². The first-order chi connectivity index (χ1) is 6.35. The molecule has 0 radical (unpaired) electrons. The number of aryl methyl sites for hydroxylation is 2. The van der Waals surface area contributed by atoms with E-state index in [-0.39, 0.29) is 4.90 Å². The number of carboxylic acid groups (broad SMARTS) is 1. The fourth-order valence-electron chi connectivity index (χ4n) is 1.19. The Labute approximate surface area is 82.1 Å². The molecule has 0 fully saturated rings. The van der Waals surface area contributed by atoms with Crippen LogP contribution in [0.1, 0.15) is 11.1 Å². The summed E-state index contributed by atoms with van der Waals surface area (Å²) in [5.41, 5.74) is 1.35. The molecule has 0 aliphatic rings. The van der Waals surface area contributed by atoms with Crippen LogP contribution in [0, 0.1) is 13.8 Å². The maximum Gasteiger partial charge on any atom is 0.427 e. The zero-order chi connectivity index (χ0) is 10.9. The first kappa shape index (κ1) is 10.7. The lowest BCUT2D eigenvalue weighted by Crippen LogP contribution is -2.13. The Hall–Kier alpha value is -1.36. The number of sulfone groups is 1. The molecule has 76 valence electrons. The zero-order valence-corrected chi connectivity index (χ0v) is 8.63. The summed E-state index contributed by atoms with van der Waals surface area (Å²) in [7, 11) is -4.21. The second kappa shape index (κ2) is 3.42. The van der Waals surface area contributed by atoms with Crippen LogP contribution in [0.15, 0.2) is 23.1 Å². The van der Waals surface area contributed by atoms with E-state index >= 15 is 0 Å². The lowest BCUT2D eigenvalue weighted by atomic mass is 10.2. The van der Waals surface area contributed by atoms with E-state index in [1.807, 2.05) is 6.92 Å². The molecule has 0 aliphatic heterocycles. The van der Waals surface area contributed by atoms with Crippen molar-refractivity contribution < 1.29 is 18.3 Å². The highest BCUT2D eigenvalue weighted by Crippen LogP contribution is 2.18. The molecule has 1 aromatic rings. The van der Waals surface area contributed by atoms with Crippen molar-refractivity contribution in [3.8, 4) is 0 Å². The van der Waals surface area contributed by atoms with Crippen molar-refractivity contribution in [3.05, 3.63) is 29.3 Å². The van der Waals surface area contributed by atoms with Crippen LogP contribution in [0.25, 0.3) is 0 Å². The molecule has 0 aromatic heterocycles. The smallest absolute Gasteiger partial charge is 0.427 e. The first-order valence-electron chi connectivity index (χ1n) is 3.91. The zero-order valence-electron chi connectivity index (χ0n) is 7.81. The highest BCUT2D eigenvalue weighted by molar-refractivity contribution is 8.05. The molecule has 0 saturated heterocycles. The van der Waals surface area contributed by atoms with Crippen molar-refractivity contribution in [2.75, 3.05) is 0 Å². The predicted octanol–water partition coefficient (Wildman–Crippen LogP) is 1.76. The van der Waals surface area contributed by atoms with Gasteiger partial charge in [-0.15, -0.1) is 0 Å². The van der Waals surface area contributed by atoms with Crippen molar-refractivity contribution in [1.29, 1.82) is 0 Å². The third-order valence-electron chi connectivity index (χ3n) is 1.85. The number of hydrogen-bond acceptors (Lipinski definition) is 3. The summed E-state index contributed by atoms with van der Waals surface area (Å²) in [6.45, 7) is 3.38. The molecule has 0 heterocycles. The van der Waals surface area contributed by atoms with Gasteiger partial charge in [0.1, 0.15) is 0 Å². The van der Waals surface area contributed by atoms with E-state index in [4.69, 9.17) is 5.11 Å². The second-order valence-electron chi connectivity index (χ2n) is 3.04. The van der Waals surface area contributed by atoms with E-state index in [1.165, 1.54) is 6.07 Å². The molecule has 0 amide bonds. The van der Waals surface area contributed by atoms with Gasteiger partial charge < -0.3 is 5.11 Å². The molecule has 1 aromatic carbocycles. The average molecular weight is 214 g/mol. The van der Waals surface area contributed by atoms with Gasteiger partial charge >= 0.3 is 5.30 Å². The minimum Gasteiger partial charge on any atom is -0.469 e. The van der Waals surface area contributed by atoms with Gasteiger partial charge in [0.2, 0.25) is 0 Å². The van der Waals surface area contributed by atoms with Crippen LogP contribution in [-0.2, 0) is 9.84 Å². The van der Waals surface area contributed by atoms with E-state index in [0.717, 1.165) is 5.56 Å². The predicted molar refractivity (Wildman–Crippen MR) is 51.1 cm³/mol. The van der Waals surface area contributed by atoms with Gasteiger partial charge in [-0.3, -0.25) is 0 Å². The normalized spacial score (nSPS) is 11.3. The Morgan fingerprint density at radius 1 is 1.29 bits per heavy atom. The lowest BCUT2D eigenvalue weighted by Gasteiger charge is -2.03. The van der Waals surface area contributed by atoms with E-state index < -0.39 is 15.1 Å². The summed E-state index contributed by atoms with van der Waals surface area (Å²) in [4.78, 5) is 10.3. The Balaban J connectivity index is 3.42. The molecule has 1 N–H and O–H groups in total. The van der Waals surface area contributed by atoms with Gasteiger partial charge in [-0.1, -0.05) is 17.7 Å². The highest BCUT2D eigenvalue weighted by Gasteiger charge is 2.25. The van der Waals surface area contributed by atoms with E-state index in [9.17, 15) is 13.2 Å². The van der Waals surface area contributed by atoms with E-state index in [2.05, 4.69) is 0 Å². The average Bonchev–Trinajstić information content (AvgIpc) is 2.02. The monoisotopic (exact) mass is 214 g/mol. The van der Waals surface area contributed by atoms with Crippen LogP contribution >= 0.6 is 0 Å². The molecule has 0 atom stereocenters. The minimum absolute atomic E-state index is 0.143. The van der Waals surface area contributed by atoms with Gasteiger partial charge in [-0.2, -0.15) is 0 Å². The summed E-state index contributed by atoms with van der Waals surface area (Å²) in [5.74, 6) is 0. The van der Waals surface area contributed by atoms with Crippen molar-refractivity contribution >= 4 is 15.1 Å². The fourth-order valence-corrected chi connectivity index (χ4v) is 2.11. The maximum absolute atomic E-state index is 11.3. The Morgan fingerprint density at radius 3 is 2.29 bits per heavy atom. The summed E-state index contributed by atoms with van der Waals surface area (Å²) < 4.78 is 22.5. The molecule has 0 saturated carbocycles. The van der Waals surface area contributed by atoms with E-state index in [0.29, 0.717) is 5.56 Å². The first-order valence-corrected chi connectivity index (χ1v) is 5.39. The lowest BCUT2D eigenvalue weighted by molar-refractivity contribution is 0.219. The fraction of sp³-hybridized carbons (Fsp3) is 0.222. The molecule has 0 unspecified atom stereocenters. The largest absolute Gasteiger partial charge is 0.469 e. The molecule has 0 bridgehead atoms. The highest BCUT2D eigenvalue weighted by atomic mass is 32.2. The number of hydrogen-bond donors (Lipinski definition) is 1. The minimum atomic E-state index is -4.21. The van der Waals surface area contributed by atoms with Crippen LogP contribution in [-0.4, -0.2) is 18.8 Å².